The highest BCUT2D eigenvalue weighted by Crippen LogP contribution is 2.41. The number of hydrogen-bond acceptors (Lipinski definition) is 7. The van der Waals surface area contributed by atoms with E-state index in [0.29, 0.717) is 23.6 Å². The minimum absolute atomic E-state index is 0.0371. The first-order valence-electron chi connectivity index (χ1n) is 18.0. The van der Waals surface area contributed by atoms with Crippen molar-refractivity contribution in [3.63, 3.8) is 0 Å². The van der Waals surface area contributed by atoms with Crippen molar-refractivity contribution < 1.29 is 46.2 Å². The number of alkyl halides is 6. The van der Waals surface area contributed by atoms with E-state index in [1.54, 1.807) is 23.6 Å². The fourth-order valence-electron chi connectivity index (χ4n) is 5.79. The highest BCUT2D eigenvalue weighted by Gasteiger charge is 2.39. The summed E-state index contributed by atoms with van der Waals surface area (Å²) in [6.07, 6.45) is -4.27. The smallest absolute Gasteiger partial charge is 0.434 e. The zero-order valence-electron chi connectivity index (χ0n) is 33.1. The van der Waals surface area contributed by atoms with Crippen LogP contribution in [0.2, 0.25) is 5.02 Å². The first-order valence-corrected chi connectivity index (χ1v) is 20.6. The number of benzene rings is 3. The van der Waals surface area contributed by atoms with Gasteiger partial charge >= 0.3 is 12.1 Å². The van der Waals surface area contributed by atoms with E-state index in [-0.39, 0.29) is 52.3 Å². The van der Waals surface area contributed by atoms with Crippen molar-refractivity contribution in [3.8, 4) is 17.0 Å². The predicted octanol–water partition coefficient (Wildman–Crippen LogP) is 11.0. The molecule has 10 nitrogen and oxygen atoms in total. The summed E-state index contributed by atoms with van der Waals surface area (Å²) in [6.45, 7) is 12.4. The Morgan fingerprint density at radius 2 is 1.75 bits per heavy atom. The number of ether oxygens (including phenoxy) is 3. The Kier molecular flexibility index (Phi) is 18.8. The summed E-state index contributed by atoms with van der Waals surface area (Å²) in [5.74, 6) is -1.53. The zero-order valence-corrected chi connectivity index (χ0v) is 37.7. The number of fused-ring (bicyclic) bond motifs is 1. The largest absolute Gasteiger partial charge is 0.489 e. The van der Waals surface area contributed by atoms with E-state index in [9.17, 15) is 31.9 Å². The molecule has 0 aliphatic carbocycles. The molecule has 2 heterocycles. The molecule has 1 unspecified atom stereocenters. The molecule has 0 spiro atoms. The normalized spacial score (nSPS) is 13.5. The molecule has 1 aliphatic heterocycles. The maximum absolute atomic E-state index is 14.3. The number of nitrogens with zero attached hydrogens (tertiary/aromatic N) is 4. The maximum atomic E-state index is 14.3. The average molecular weight is 974 g/mol. The lowest BCUT2D eigenvalue weighted by molar-refractivity contribution is -0.144. The van der Waals surface area contributed by atoms with Crippen LogP contribution in [0, 0.1) is 12.7 Å². The Hall–Kier alpha value is -3.60. The minimum atomic E-state index is -4.69. The van der Waals surface area contributed by atoms with E-state index in [4.69, 9.17) is 60.6 Å². The first kappa shape index (κ1) is 49.8. The second-order valence-corrected chi connectivity index (χ2v) is 15.6. The number of hydrogen-bond donors (Lipinski definition) is 0. The molecule has 4 aromatic rings. The van der Waals surface area contributed by atoms with Crippen LogP contribution in [-0.2, 0) is 38.7 Å². The van der Waals surface area contributed by atoms with Crippen molar-refractivity contribution in [1.82, 2.24) is 9.78 Å². The third-order valence-corrected chi connectivity index (χ3v) is 10.1. The van der Waals surface area contributed by atoms with Gasteiger partial charge in [-0.1, -0.05) is 72.1 Å². The van der Waals surface area contributed by atoms with E-state index >= 15 is 0 Å². The molecule has 1 aromatic heterocycles. The van der Waals surface area contributed by atoms with Gasteiger partial charge in [-0.2, -0.15) is 18.3 Å². The third-order valence-electron chi connectivity index (χ3n) is 8.41. The van der Waals surface area contributed by atoms with Gasteiger partial charge in [0.05, 0.1) is 38.6 Å². The van der Waals surface area contributed by atoms with Crippen LogP contribution in [-0.4, -0.2) is 70.4 Å². The lowest BCUT2D eigenvalue weighted by atomic mass is 10.0. The number of halogens is 9. The second-order valence-electron chi connectivity index (χ2n) is 13.0. The summed E-state index contributed by atoms with van der Waals surface area (Å²) in [5.41, 5.74) is 1.99. The van der Waals surface area contributed by atoms with Gasteiger partial charge in [0.25, 0.3) is 5.91 Å². The van der Waals surface area contributed by atoms with Crippen LogP contribution in [0.1, 0.15) is 61.8 Å². The van der Waals surface area contributed by atoms with Crippen molar-refractivity contribution >= 4 is 91.5 Å². The molecular formula is C40H43BrCl4F4N4O6. The molecule has 59 heavy (non-hydrogen) atoms. The zero-order chi connectivity index (χ0) is 44.4. The van der Waals surface area contributed by atoms with Crippen LogP contribution in [0.3, 0.4) is 0 Å². The van der Waals surface area contributed by atoms with Crippen molar-refractivity contribution in [2.75, 3.05) is 35.6 Å². The Bertz CT molecular complexity index is 2100. The summed E-state index contributed by atoms with van der Waals surface area (Å²) in [7, 11) is 1.08. The lowest BCUT2D eigenvalue weighted by Crippen LogP contribution is -2.47. The monoisotopic (exact) mass is 970 g/mol. The number of aryl methyl sites for hydroxylation is 3. The molecule has 322 valence electrons. The molecule has 0 saturated heterocycles. The van der Waals surface area contributed by atoms with Gasteiger partial charge in [-0.3, -0.25) is 19.2 Å². The van der Waals surface area contributed by atoms with E-state index in [0.717, 1.165) is 48.1 Å². The number of esters is 1. The fourth-order valence-corrected chi connectivity index (χ4v) is 7.15. The third kappa shape index (κ3) is 12.7. The Morgan fingerprint density at radius 3 is 2.31 bits per heavy atom. The number of para-hydroxylation sites is 3. The van der Waals surface area contributed by atoms with E-state index in [2.05, 4.69) is 28.0 Å². The highest BCUT2D eigenvalue weighted by molar-refractivity contribution is 9.10. The number of rotatable bonds is 10. The Labute approximate surface area is 368 Å². The van der Waals surface area contributed by atoms with Gasteiger partial charge in [0.2, 0.25) is 5.91 Å². The van der Waals surface area contributed by atoms with Crippen LogP contribution in [0.5, 0.6) is 5.75 Å². The SMILES string of the molecule is CC(C)OC(=O)c1cc(-c2nn(C)c(C(F)(F)F)c2Br)c(F)cc1Cl.CC1COc2ccccc2N1C(=O)C(Cl)Cl.CCOCN(C(=O)CCl)c1c(C)cccc1CC. The number of aromatic nitrogens is 2. The van der Waals surface area contributed by atoms with Crippen LogP contribution < -0.4 is 14.5 Å². The average Bonchev–Trinajstić information content (AvgIpc) is 3.48. The van der Waals surface area contributed by atoms with Crippen LogP contribution in [0.4, 0.5) is 28.9 Å². The fraction of sp³-hybridized carbons (Fsp3) is 0.400. The standard InChI is InChI=1S/C15H12BrClF4N2O2.C14H20ClNO2.C11H11Cl2NO2/c1-6(2)25-14(24)7-4-8(10(18)5-9(7)17)12-11(16)13(15(19,20)21)23(3)22-12;1-4-12-8-6-7-11(3)14(12)16(10-18-5-2)13(17)9-15;1-7-6-16-9-5-3-2-4-8(9)14(7)11(15)10(12)13/h4-6H,1-3H3;6-8H,4-5,9-10H2,1-3H3;2-5,7,10H,6H2,1H3. The highest BCUT2D eigenvalue weighted by atomic mass is 79.9. The van der Waals surface area contributed by atoms with Crippen molar-refractivity contribution in [3.05, 3.63) is 92.3 Å². The van der Waals surface area contributed by atoms with Gasteiger partial charge in [-0.05, 0) is 92.4 Å². The van der Waals surface area contributed by atoms with Gasteiger partial charge in [0.1, 0.15) is 36.5 Å². The Balaban J connectivity index is 0.000000244. The van der Waals surface area contributed by atoms with Gasteiger partial charge in [-0.25, -0.2) is 9.18 Å². The summed E-state index contributed by atoms with van der Waals surface area (Å²) in [6, 6.07) is 15.2. The van der Waals surface area contributed by atoms with Gasteiger partial charge in [0.15, 0.2) is 10.5 Å². The van der Waals surface area contributed by atoms with Crippen molar-refractivity contribution in [2.24, 2.45) is 7.05 Å². The second kappa shape index (κ2) is 22.3. The lowest BCUT2D eigenvalue weighted by Gasteiger charge is -2.35. The Morgan fingerprint density at radius 1 is 1.08 bits per heavy atom. The molecule has 0 N–H and O–H groups in total. The summed E-state index contributed by atoms with van der Waals surface area (Å²) < 4.78 is 69.5. The van der Waals surface area contributed by atoms with Crippen molar-refractivity contribution in [2.45, 2.75) is 71.1 Å². The molecule has 1 aliphatic rings. The molecule has 5 rings (SSSR count). The van der Waals surface area contributed by atoms with E-state index in [1.807, 2.05) is 63.2 Å². The molecule has 3 aromatic carbocycles. The number of amides is 2. The summed E-state index contributed by atoms with van der Waals surface area (Å²) in [4.78, 5) is 38.0. The molecule has 0 radical (unpaired) electrons. The molecular weight excluding hydrogens is 930 g/mol. The van der Waals surface area contributed by atoms with Crippen LogP contribution in [0.25, 0.3) is 11.3 Å². The summed E-state index contributed by atoms with van der Waals surface area (Å²) >= 11 is 25.6. The van der Waals surface area contributed by atoms with Crippen LogP contribution in [0.15, 0.2) is 59.1 Å². The maximum Gasteiger partial charge on any atom is 0.434 e. The summed E-state index contributed by atoms with van der Waals surface area (Å²) in [5, 5.41) is 3.50. The number of carbonyl (C=O) groups excluding carboxylic acids is 3. The molecule has 19 heteroatoms. The van der Waals surface area contributed by atoms with Crippen molar-refractivity contribution in [1.29, 1.82) is 0 Å². The topological polar surface area (TPSA) is 103 Å². The molecule has 2 amide bonds. The van der Waals surface area contributed by atoms with Gasteiger partial charge < -0.3 is 19.1 Å². The first-order chi connectivity index (χ1) is 27.7. The molecule has 0 bridgehead atoms. The molecule has 1 atom stereocenters. The van der Waals surface area contributed by atoms with Crippen LogP contribution >= 0.6 is 62.3 Å². The predicted molar refractivity (Wildman–Crippen MR) is 227 cm³/mol. The number of carbonyl (C=O) groups is 3. The van der Waals surface area contributed by atoms with Gasteiger partial charge in [0, 0.05) is 19.2 Å². The minimum Gasteiger partial charge on any atom is -0.489 e. The van der Waals surface area contributed by atoms with E-state index in [1.165, 1.54) is 0 Å². The quantitative estimate of drug-likeness (QED) is 0.0675. The molecule has 0 saturated carbocycles. The number of anilines is 2. The van der Waals surface area contributed by atoms with Gasteiger partial charge in [-0.15, -0.1) is 11.6 Å². The molecule has 0 fully saturated rings. The van der Waals surface area contributed by atoms with E-state index < -0.39 is 39.1 Å².